The first-order valence-corrected chi connectivity index (χ1v) is 7.11. The van der Waals surface area contributed by atoms with Crippen LogP contribution in [0.15, 0.2) is 8.68 Å². The van der Waals surface area contributed by atoms with Gasteiger partial charge in [0.1, 0.15) is 0 Å². The number of carbonyl (C=O) groups excluding carboxylic acids is 1. The number of rotatable bonds is 5. The zero-order valence-electron chi connectivity index (χ0n) is 8.39. The average Bonchev–Trinajstić information content (AvgIpc) is 2.65. The van der Waals surface area contributed by atoms with Crippen molar-refractivity contribution in [1.29, 1.82) is 0 Å². The fourth-order valence-electron chi connectivity index (χ4n) is 0.861. The molecule has 3 N–H and O–H groups in total. The molecule has 0 fully saturated rings. The van der Waals surface area contributed by atoms with Gasteiger partial charge in [0.15, 0.2) is 8.68 Å². The summed E-state index contributed by atoms with van der Waals surface area (Å²) >= 11 is 4.64. The summed E-state index contributed by atoms with van der Waals surface area (Å²) in [6.07, 6.45) is 2.34. The van der Waals surface area contributed by atoms with E-state index in [0.717, 1.165) is 8.68 Å². The Kier molecular flexibility index (Phi) is 5.37. The fraction of sp³-hybridized carbons (Fsp3) is 0.571. The van der Waals surface area contributed by atoms with E-state index in [4.69, 9.17) is 5.84 Å². The first-order chi connectivity index (χ1) is 7.15. The molecule has 1 atom stereocenters. The molecule has 0 saturated heterocycles. The molecule has 1 aromatic rings. The molecular weight excluding hydrogens is 252 g/mol. The van der Waals surface area contributed by atoms with Crippen LogP contribution >= 0.6 is 34.9 Å². The standard InChI is InChI=1S/C7H12N4OS3/c1-4(3-5(12)9-8)14-7-11-10-6(13-2)15-7/h4H,3,8H2,1-2H3,(H,9,12). The third-order valence-electron chi connectivity index (χ3n) is 1.50. The molecule has 0 spiro atoms. The molecule has 0 aromatic carbocycles. The lowest BCUT2D eigenvalue weighted by atomic mass is 10.3. The molecule has 5 nitrogen and oxygen atoms in total. The van der Waals surface area contributed by atoms with E-state index < -0.39 is 0 Å². The Morgan fingerprint density at radius 3 is 2.80 bits per heavy atom. The van der Waals surface area contributed by atoms with Crippen molar-refractivity contribution in [2.75, 3.05) is 6.26 Å². The number of thioether (sulfide) groups is 2. The number of nitrogens with one attached hydrogen (secondary N) is 1. The van der Waals surface area contributed by atoms with Crippen molar-refractivity contribution < 1.29 is 4.79 Å². The van der Waals surface area contributed by atoms with Crippen LogP contribution in [0.4, 0.5) is 0 Å². The molecule has 1 rings (SSSR count). The van der Waals surface area contributed by atoms with Gasteiger partial charge in [-0.1, -0.05) is 41.8 Å². The van der Waals surface area contributed by atoms with Gasteiger partial charge in [-0.15, -0.1) is 10.2 Å². The molecule has 0 aliphatic heterocycles. The van der Waals surface area contributed by atoms with Crippen molar-refractivity contribution in [3.63, 3.8) is 0 Å². The second-order valence-corrected chi connectivity index (χ2v) is 6.45. The maximum absolute atomic E-state index is 11.0. The lowest BCUT2D eigenvalue weighted by Crippen LogP contribution is -2.31. The first-order valence-electron chi connectivity index (χ1n) is 4.19. The van der Waals surface area contributed by atoms with E-state index in [2.05, 4.69) is 15.6 Å². The first kappa shape index (κ1) is 12.8. The molecule has 1 amide bonds. The van der Waals surface area contributed by atoms with Crippen LogP contribution in [-0.2, 0) is 4.79 Å². The smallest absolute Gasteiger partial charge is 0.234 e. The van der Waals surface area contributed by atoms with Gasteiger partial charge in [0, 0.05) is 11.7 Å². The number of amides is 1. The molecular formula is C7H12N4OS3. The van der Waals surface area contributed by atoms with Gasteiger partial charge in [-0.3, -0.25) is 10.2 Å². The number of hydrazine groups is 1. The lowest BCUT2D eigenvalue weighted by molar-refractivity contribution is -0.121. The van der Waals surface area contributed by atoms with Crippen molar-refractivity contribution in [2.45, 2.75) is 27.3 Å². The lowest BCUT2D eigenvalue weighted by Gasteiger charge is -2.06. The summed E-state index contributed by atoms with van der Waals surface area (Å²) < 4.78 is 1.82. The van der Waals surface area contributed by atoms with Crippen LogP contribution in [0.2, 0.25) is 0 Å². The number of nitrogens with two attached hydrogens (primary N) is 1. The van der Waals surface area contributed by atoms with Gasteiger partial charge in [0.05, 0.1) is 0 Å². The van der Waals surface area contributed by atoms with Gasteiger partial charge >= 0.3 is 0 Å². The number of carbonyl (C=O) groups is 1. The third kappa shape index (κ3) is 4.37. The molecule has 0 radical (unpaired) electrons. The zero-order valence-corrected chi connectivity index (χ0v) is 10.8. The highest BCUT2D eigenvalue weighted by atomic mass is 32.2. The van der Waals surface area contributed by atoms with Gasteiger partial charge in [-0.2, -0.15) is 0 Å². The van der Waals surface area contributed by atoms with Crippen molar-refractivity contribution >= 4 is 40.8 Å². The Balaban J connectivity index is 2.43. The van der Waals surface area contributed by atoms with Gasteiger partial charge in [0.25, 0.3) is 0 Å². The average molecular weight is 264 g/mol. The van der Waals surface area contributed by atoms with Crippen molar-refractivity contribution in [1.82, 2.24) is 15.6 Å². The highest BCUT2D eigenvalue weighted by Crippen LogP contribution is 2.30. The molecule has 1 unspecified atom stereocenters. The Labute approximate surface area is 101 Å². The van der Waals surface area contributed by atoms with Crippen LogP contribution < -0.4 is 11.3 Å². The van der Waals surface area contributed by atoms with Crippen molar-refractivity contribution in [3.05, 3.63) is 0 Å². The second-order valence-electron chi connectivity index (χ2n) is 2.74. The predicted octanol–water partition coefficient (Wildman–Crippen LogP) is 1.12. The van der Waals surface area contributed by atoms with E-state index in [9.17, 15) is 4.79 Å². The summed E-state index contributed by atoms with van der Waals surface area (Å²) in [5.41, 5.74) is 2.11. The monoisotopic (exact) mass is 264 g/mol. The quantitative estimate of drug-likeness (QED) is 0.359. The Bertz CT molecular complexity index is 330. The van der Waals surface area contributed by atoms with Crippen molar-refractivity contribution in [2.24, 2.45) is 5.84 Å². The topological polar surface area (TPSA) is 80.9 Å². The largest absolute Gasteiger partial charge is 0.294 e. The molecule has 84 valence electrons. The fourth-order valence-corrected chi connectivity index (χ4v) is 3.61. The maximum atomic E-state index is 11.0. The third-order valence-corrected chi connectivity index (χ3v) is 4.58. The Hall–Kier alpha value is -0.310. The van der Waals surface area contributed by atoms with Gasteiger partial charge < -0.3 is 0 Å². The number of nitrogens with zero attached hydrogens (tertiary/aromatic N) is 2. The summed E-state index contributed by atoms with van der Waals surface area (Å²) in [5.74, 6) is 4.84. The molecule has 0 bridgehead atoms. The van der Waals surface area contributed by atoms with E-state index in [1.807, 2.05) is 13.2 Å². The zero-order chi connectivity index (χ0) is 11.3. The van der Waals surface area contributed by atoms with Crippen LogP contribution in [-0.4, -0.2) is 27.6 Å². The second kappa shape index (κ2) is 6.31. The summed E-state index contributed by atoms with van der Waals surface area (Å²) in [6.45, 7) is 1.96. The molecule has 1 heterocycles. The number of hydrogen-bond donors (Lipinski definition) is 2. The van der Waals surface area contributed by atoms with Gasteiger partial charge in [-0.25, -0.2) is 5.84 Å². The van der Waals surface area contributed by atoms with E-state index in [1.54, 1.807) is 11.8 Å². The predicted molar refractivity (Wildman–Crippen MR) is 64.0 cm³/mol. The molecule has 15 heavy (non-hydrogen) atoms. The van der Waals surface area contributed by atoms with Crippen molar-refractivity contribution in [3.8, 4) is 0 Å². The van der Waals surface area contributed by atoms with Crippen LogP contribution in [0.1, 0.15) is 13.3 Å². The number of hydrogen-bond acceptors (Lipinski definition) is 7. The van der Waals surface area contributed by atoms with E-state index in [1.165, 1.54) is 23.1 Å². The van der Waals surface area contributed by atoms with Crippen LogP contribution in [0.5, 0.6) is 0 Å². The SMILES string of the molecule is CSc1nnc(SC(C)CC(=O)NN)s1. The highest BCUT2D eigenvalue weighted by Gasteiger charge is 2.12. The van der Waals surface area contributed by atoms with Crippen LogP contribution in [0, 0.1) is 0 Å². The minimum absolute atomic E-state index is 0.149. The molecule has 0 aliphatic carbocycles. The molecule has 0 aliphatic rings. The van der Waals surface area contributed by atoms with E-state index in [-0.39, 0.29) is 11.2 Å². The molecule has 0 saturated carbocycles. The normalized spacial score (nSPS) is 12.5. The minimum Gasteiger partial charge on any atom is -0.294 e. The van der Waals surface area contributed by atoms with E-state index in [0.29, 0.717) is 6.42 Å². The molecule has 8 heteroatoms. The summed E-state index contributed by atoms with van der Waals surface area (Å²) in [7, 11) is 0. The Morgan fingerprint density at radius 2 is 2.27 bits per heavy atom. The Morgan fingerprint density at radius 1 is 1.60 bits per heavy atom. The van der Waals surface area contributed by atoms with Gasteiger partial charge in [0.2, 0.25) is 5.91 Å². The maximum Gasteiger partial charge on any atom is 0.234 e. The summed E-state index contributed by atoms with van der Waals surface area (Å²) in [4.78, 5) is 11.0. The summed E-state index contributed by atoms with van der Waals surface area (Å²) in [6, 6.07) is 0. The van der Waals surface area contributed by atoms with Gasteiger partial charge in [-0.05, 0) is 6.26 Å². The summed E-state index contributed by atoms with van der Waals surface area (Å²) in [5, 5.41) is 8.13. The number of aromatic nitrogens is 2. The highest BCUT2D eigenvalue weighted by molar-refractivity contribution is 8.03. The van der Waals surface area contributed by atoms with E-state index >= 15 is 0 Å². The minimum atomic E-state index is -0.162. The van der Waals surface area contributed by atoms with Crippen LogP contribution in [0.25, 0.3) is 0 Å². The van der Waals surface area contributed by atoms with Crippen LogP contribution in [0.3, 0.4) is 0 Å². The molecule has 1 aromatic heterocycles.